The van der Waals surface area contributed by atoms with E-state index < -0.39 is 8.32 Å². The Bertz CT molecular complexity index is 879. The topological polar surface area (TPSA) is 36.9 Å². The van der Waals surface area contributed by atoms with E-state index in [0.717, 1.165) is 50.9 Å². The lowest BCUT2D eigenvalue weighted by molar-refractivity contribution is -0.107. The molecule has 0 radical (unpaired) electrons. The van der Waals surface area contributed by atoms with Crippen LogP contribution in [0.4, 0.5) is 0 Å². The molecule has 1 aliphatic heterocycles. The maximum absolute atomic E-state index is 7.08. The van der Waals surface area contributed by atoms with Crippen LogP contribution < -0.4 is 10.4 Å². The van der Waals surface area contributed by atoms with E-state index in [4.69, 9.17) is 18.6 Å². The first-order valence-electron chi connectivity index (χ1n) is 13.5. The van der Waals surface area contributed by atoms with Crippen LogP contribution >= 0.6 is 0 Å². The summed E-state index contributed by atoms with van der Waals surface area (Å²) in [5.74, 6) is 1.64. The van der Waals surface area contributed by atoms with Gasteiger partial charge in [-0.3, -0.25) is 0 Å². The highest BCUT2D eigenvalue weighted by molar-refractivity contribution is 6.99. The summed E-state index contributed by atoms with van der Waals surface area (Å²) in [5, 5.41) is 2.67. The zero-order chi connectivity index (χ0) is 26.0. The third kappa shape index (κ3) is 7.10. The van der Waals surface area contributed by atoms with Crippen molar-refractivity contribution >= 4 is 18.7 Å². The van der Waals surface area contributed by atoms with Gasteiger partial charge < -0.3 is 18.6 Å². The zero-order valence-electron chi connectivity index (χ0n) is 23.2. The number of rotatable bonds is 13. The highest BCUT2D eigenvalue weighted by atomic mass is 28.4. The van der Waals surface area contributed by atoms with Crippen LogP contribution in [0.3, 0.4) is 0 Å². The summed E-state index contributed by atoms with van der Waals surface area (Å²) < 4.78 is 24.2. The Morgan fingerprint density at radius 3 is 2.03 bits per heavy atom. The van der Waals surface area contributed by atoms with Crippen LogP contribution in [0.2, 0.25) is 5.04 Å². The quantitative estimate of drug-likeness (QED) is 0.176. The summed E-state index contributed by atoms with van der Waals surface area (Å²) >= 11 is 0. The average molecular weight is 511 g/mol. The molecule has 0 unspecified atom stereocenters. The van der Waals surface area contributed by atoms with E-state index in [1.807, 2.05) is 0 Å². The molecule has 1 heterocycles. The minimum absolute atomic E-state index is 0.00249. The largest absolute Gasteiger partial charge is 0.495 e. The second-order valence-electron chi connectivity index (χ2n) is 11.0. The van der Waals surface area contributed by atoms with Crippen LogP contribution in [0.5, 0.6) is 0 Å². The average Bonchev–Trinajstić information content (AvgIpc) is 2.88. The van der Waals surface area contributed by atoms with Gasteiger partial charge >= 0.3 is 0 Å². The molecule has 2 atom stereocenters. The maximum Gasteiger partial charge on any atom is 0.261 e. The highest BCUT2D eigenvalue weighted by Gasteiger charge is 2.50. The molecule has 0 amide bonds. The molecule has 0 aromatic heterocycles. The fourth-order valence-electron chi connectivity index (χ4n) is 5.38. The molecule has 5 heteroatoms. The third-order valence-corrected chi connectivity index (χ3v) is 12.5. The van der Waals surface area contributed by atoms with E-state index >= 15 is 0 Å². The Hall–Kier alpha value is -1.92. The van der Waals surface area contributed by atoms with Crippen LogP contribution in [0.1, 0.15) is 66.2 Å². The lowest BCUT2D eigenvalue weighted by atomic mass is 9.94. The van der Waals surface area contributed by atoms with Gasteiger partial charge in [0.25, 0.3) is 8.32 Å². The first-order valence-corrected chi connectivity index (χ1v) is 15.4. The lowest BCUT2D eigenvalue weighted by Gasteiger charge is -2.43. The molecule has 0 spiro atoms. The van der Waals surface area contributed by atoms with E-state index in [-0.39, 0.29) is 17.4 Å². The van der Waals surface area contributed by atoms with Gasteiger partial charge in [0.2, 0.25) is 0 Å². The maximum atomic E-state index is 7.08. The molecule has 0 N–H and O–H groups in total. The summed E-state index contributed by atoms with van der Waals surface area (Å²) in [7, 11) is 0.905. The predicted octanol–water partition coefficient (Wildman–Crippen LogP) is 6.44. The molecular formula is C31H46O4Si. The van der Waals surface area contributed by atoms with Gasteiger partial charge in [-0.15, -0.1) is 0 Å². The minimum atomic E-state index is -2.48. The van der Waals surface area contributed by atoms with Gasteiger partial charge in [0.1, 0.15) is 6.10 Å². The Labute approximate surface area is 220 Å². The molecular weight excluding hydrogens is 464 g/mol. The van der Waals surface area contributed by atoms with E-state index in [1.54, 1.807) is 14.2 Å². The second kappa shape index (κ2) is 13.6. The molecule has 0 saturated carbocycles. The normalized spacial score (nSPS) is 18.7. The Morgan fingerprint density at radius 1 is 0.917 bits per heavy atom. The number of methoxy groups -OCH3 is 2. The summed E-state index contributed by atoms with van der Waals surface area (Å²) in [6.07, 6.45) is 8.26. The number of ether oxygens (including phenoxy) is 3. The van der Waals surface area contributed by atoms with E-state index in [2.05, 4.69) is 94.4 Å². The zero-order valence-corrected chi connectivity index (χ0v) is 24.2. The van der Waals surface area contributed by atoms with Crippen molar-refractivity contribution in [2.75, 3.05) is 20.8 Å². The molecule has 0 saturated heterocycles. The van der Waals surface area contributed by atoms with Crippen molar-refractivity contribution < 1.29 is 18.6 Å². The standard InChI is InChI=1S/C31H46O4Si/c1-25-22-23-26(15-13-21-30(32-5)33-6)35-29(25)20-14-24-34-36(31(2,3)4,27-16-9-7-10-17-27)28-18-11-8-12-19-28/h7-12,16-19,23,25,29-30H,13-15,20-22,24H2,1-6H3/t25-,29-/m0/s1. The van der Waals surface area contributed by atoms with Crippen molar-refractivity contribution in [3.8, 4) is 0 Å². The molecule has 0 bridgehead atoms. The molecule has 4 nitrogen and oxygen atoms in total. The SMILES string of the molecule is COC(CCCC1=CC[C@H](C)[C@H](CCCO[Si](c2ccccc2)(c2ccccc2)C(C)(C)C)O1)OC. The number of hydrogen-bond donors (Lipinski definition) is 0. The van der Waals surface area contributed by atoms with Gasteiger partial charge in [-0.2, -0.15) is 0 Å². The van der Waals surface area contributed by atoms with Gasteiger partial charge in [0.05, 0.1) is 5.76 Å². The smallest absolute Gasteiger partial charge is 0.261 e. The monoisotopic (exact) mass is 510 g/mol. The van der Waals surface area contributed by atoms with E-state index in [9.17, 15) is 0 Å². The van der Waals surface area contributed by atoms with Crippen molar-refractivity contribution in [2.45, 2.75) is 83.7 Å². The number of hydrogen-bond acceptors (Lipinski definition) is 4. The summed E-state index contributed by atoms with van der Waals surface area (Å²) in [6.45, 7) is 10.0. The lowest BCUT2D eigenvalue weighted by Crippen LogP contribution is -2.66. The Morgan fingerprint density at radius 2 is 1.50 bits per heavy atom. The number of benzene rings is 2. The van der Waals surface area contributed by atoms with E-state index in [1.165, 1.54) is 10.4 Å². The molecule has 36 heavy (non-hydrogen) atoms. The van der Waals surface area contributed by atoms with Crippen LogP contribution in [0, 0.1) is 5.92 Å². The molecule has 1 aliphatic rings. The predicted molar refractivity (Wildman–Crippen MR) is 151 cm³/mol. The summed E-state index contributed by atoms with van der Waals surface area (Å²) in [4.78, 5) is 0. The fraction of sp³-hybridized carbons (Fsp3) is 0.548. The minimum Gasteiger partial charge on any atom is -0.495 e. The summed E-state index contributed by atoms with van der Waals surface area (Å²) in [5.41, 5.74) is 0. The first-order chi connectivity index (χ1) is 17.3. The van der Waals surface area contributed by atoms with Crippen LogP contribution in [-0.2, 0) is 18.6 Å². The van der Waals surface area contributed by atoms with Gasteiger partial charge in [-0.25, -0.2) is 0 Å². The van der Waals surface area contributed by atoms with Crippen LogP contribution in [0.15, 0.2) is 72.5 Å². The second-order valence-corrected chi connectivity index (χ2v) is 15.3. The van der Waals surface area contributed by atoms with Gasteiger partial charge in [0.15, 0.2) is 6.29 Å². The highest BCUT2D eigenvalue weighted by Crippen LogP contribution is 2.37. The fourth-order valence-corrected chi connectivity index (χ4v) is 9.98. The van der Waals surface area contributed by atoms with Crippen LogP contribution in [0.25, 0.3) is 0 Å². The first kappa shape index (κ1) is 28.6. The Balaban J connectivity index is 1.64. The van der Waals surface area contributed by atoms with Crippen molar-refractivity contribution in [3.05, 3.63) is 72.5 Å². The molecule has 3 rings (SSSR count). The van der Waals surface area contributed by atoms with Crippen molar-refractivity contribution in [3.63, 3.8) is 0 Å². The molecule has 2 aromatic rings. The third-order valence-electron chi connectivity index (χ3n) is 7.41. The van der Waals surface area contributed by atoms with E-state index in [0.29, 0.717) is 5.92 Å². The molecule has 0 fully saturated rings. The Kier molecular flexibility index (Phi) is 10.8. The number of allylic oxidation sites excluding steroid dienone is 2. The van der Waals surface area contributed by atoms with Gasteiger partial charge in [-0.1, -0.05) is 88.4 Å². The molecule has 198 valence electrons. The summed E-state index contributed by atoms with van der Waals surface area (Å²) in [6, 6.07) is 21.8. The van der Waals surface area contributed by atoms with Crippen molar-refractivity contribution in [1.29, 1.82) is 0 Å². The van der Waals surface area contributed by atoms with Gasteiger partial charge in [-0.05, 0) is 59.5 Å². The molecule has 2 aromatic carbocycles. The van der Waals surface area contributed by atoms with Crippen molar-refractivity contribution in [1.82, 2.24) is 0 Å². The van der Waals surface area contributed by atoms with Gasteiger partial charge in [0, 0.05) is 27.2 Å². The van der Waals surface area contributed by atoms with Crippen molar-refractivity contribution in [2.24, 2.45) is 5.92 Å². The molecule has 0 aliphatic carbocycles. The van der Waals surface area contributed by atoms with Crippen LogP contribution in [-0.4, -0.2) is 41.5 Å².